The maximum atomic E-state index is 9.67. The fourth-order valence-electron chi connectivity index (χ4n) is 3.62. The summed E-state index contributed by atoms with van der Waals surface area (Å²) in [6.07, 6.45) is 0. The third-order valence-corrected chi connectivity index (χ3v) is 4.72. The molecule has 4 nitrogen and oxygen atoms in total. The van der Waals surface area contributed by atoms with Gasteiger partial charge in [-0.1, -0.05) is 42.5 Å². The summed E-state index contributed by atoms with van der Waals surface area (Å²) in [5, 5.41) is 9.67. The van der Waals surface area contributed by atoms with E-state index >= 15 is 0 Å². The molecule has 4 N–H and O–H groups in total. The number of hydrogen-bond donors (Lipinski definition) is 3. The Kier molecular flexibility index (Phi) is 2.61. The van der Waals surface area contributed by atoms with Crippen molar-refractivity contribution in [3.05, 3.63) is 71.8 Å². The van der Waals surface area contributed by atoms with Crippen LogP contribution in [0.15, 0.2) is 60.7 Å². The van der Waals surface area contributed by atoms with Gasteiger partial charge in [0.1, 0.15) is 11.6 Å². The van der Waals surface area contributed by atoms with E-state index in [9.17, 15) is 5.11 Å². The van der Waals surface area contributed by atoms with Crippen molar-refractivity contribution < 1.29 is 5.11 Å². The zero-order chi connectivity index (χ0) is 16.3. The molecule has 0 saturated carbocycles. The van der Waals surface area contributed by atoms with Crippen LogP contribution in [0.2, 0.25) is 0 Å². The highest BCUT2D eigenvalue weighted by molar-refractivity contribution is 5.91. The zero-order valence-electron chi connectivity index (χ0n) is 12.8. The van der Waals surface area contributed by atoms with Crippen LogP contribution in [0.4, 0.5) is 0 Å². The quantitative estimate of drug-likeness (QED) is 0.498. The first-order valence-corrected chi connectivity index (χ1v) is 7.89. The van der Waals surface area contributed by atoms with Gasteiger partial charge in [0.25, 0.3) is 0 Å². The van der Waals surface area contributed by atoms with Crippen molar-refractivity contribution >= 4 is 11.0 Å². The van der Waals surface area contributed by atoms with E-state index in [1.54, 1.807) is 12.1 Å². The molecule has 1 atom stereocenters. The maximum absolute atomic E-state index is 9.67. The average molecular weight is 313 g/mol. The Morgan fingerprint density at radius 2 is 1.71 bits per heavy atom. The van der Waals surface area contributed by atoms with Crippen molar-refractivity contribution in [2.45, 2.75) is 6.04 Å². The van der Waals surface area contributed by atoms with E-state index in [0.717, 1.165) is 39.1 Å². The number of aromatic nitrogens is 2. The minimum atomic E-state index is -0.107. The van der Waals surface area contributed by atoms with Gasteiger partial charge in [0.15, 0.2) is 0 Å². The van der Waals surface area contributed by atoms with Gasteiger partial charge in [0, 0.05) is 11.6 Å². The summed E-state index contributed by atoms with van der Waals surface area (Å²) in [5.41, 5.74) is 13.7. The molecule has 116 valence electrons. The molecule has 3 aromatic carbocycles. The molecule has 4 heteroatoms. The molecular weight excluding hydrogens is 298 g/mol. The second kappa shape index (κ2) is 4.69. The lowest BCUT2D eigenvalue weighted by Crippen LogP contribution is -2.07. The van der Waals surface area contributed by atoms with Crippen LogP contribution in [-0.4, -0.2) is 15.1 Å². The highest BCUT2D eigenvalue weighted by Gasteiger charge is 2.28. The number of phenols is 1. The Labute approximate surface area is 138 Å². The monoisotopic (exact) mass is 313 g/mol. The molecule has 0 bridgehead atoms. The molecule has 0 spiro atoms. The molecule has 1 aliphatic carbocycles. The lowest BCUT2D eigenvalue weighted by Gasteiger charge is -2.08. The highest BCUT2D eigenvalue weighted by atomic mass is 16.3. The van der Waals surface area contributed by atoms with Gasteiger partial charge in [0.05, 0.1) is 17.1 Å². The van der Waals surface area contributed by atoms with E-state index in [2.05, 4.69) is 29.2 Å². The number of rotatable bonds is 1. The van der Waals surface area contributed by atoms with E-state index in [-0.39, 0.29) is 11.8 Å². The maximum Gasteiger partial charge on any atom is 0.139 e. The van der Waals surface area contributed by atoms with Crippen LogP contribution in [-0.2, 0) is 0 Å². The van der Waals surface area contributed by atoms with Crippen LogP contribution in [0, 0.1) is 0 Å². The van der Waals surface area contributed by atoms with Crippen LogP contribution in [0.25, 0.3) is 33.5 Å². The Bertz CT molecular complexity index is 1100. The smallest absolute Gasteiger partial charge is 0.139 e. The minimum Gasteiger partial charge on any atom is -0.508 e. The second-order valence-electron chi connectivity index (χ2n) is 6.12. The molecule has 24 heavy (non-hydrogen) atoms. The third-order valence-electron chi connectivity index (χ3n) is 4.72. The largest absolute Gasteiger partial charge is 0.508 e. The molecule has 0 fully saturated rings. The summed E-state index contributed by atoms with van der Waals surface area (Å²) in [5.74, 6) is 1.01. The first kappa shape index (κ1) is 13.3. The zero-order valence-corrected chi connectivity index (χ0v) is 12.8. The van der Waals surface area contributed by atoms with Crippen LogP contribution in [0.1, 0.15) is 17.2 Å². The first-order chi connectivity index (χ1) is 11.7. The standard InChI is InChI=1S/C20H15N3O/c21-19-13-5-2-1-4-12(13)18-14(19)6-3-7-15(18)20-22-16-9-8-11(24)10-17(16)23-20/h1-10,19,24H,21H2,(H,22,23). The summed E-state index contributed by atoms with van der Waals surface area (Å²) < 4.78 is 0. The predicted octanol–water partition coefficient (Wildman–Crippen LogP) is 3.96. The normalized spacial score (nSPS) is 15.5. The number of imidazole rings is 1. The van der Waals surface area contributed by atoms with Gasteiger partial charge >= 0.3 is 0 Å². The lowest BCUT2D eigenvalue weighted by atomic mass is 9.99. The molecule has 5 rings (SSSR count). The van der Waals surface area contributed by atoms with E-state index < -0.39 is 0 Å². The average Bonchev–Trinajstić information content (AvgIpc) is 3.15. The van der Waals surface area contributed by atoms with E-state index in [4.69, 9.17) is 10.7 Å². The van der Waals surface area contributed by atoms with Gasteiger partial charge in [-0.15, -0.1) is 0 Å². The van der Waals surface area contributed by atoms with Crippen molar-refractivity contribution in [3.63, 3.8) is 0 Å². The number of nitrogens with two attached hydrogens (primary N) is 1. The number of aromatic amines is 1. The number of nitrogens with one attached hydrogen (secondary N) is 1. The molecule has 4 aromatic rings. The van der Waals surface area contributed by atoms with Gasteiger partial charge in [0.2, 0.25) is 0 Å². The number of aromatic hydroxyl groups is 1. The predicted molar refractivity (Wildman–Crippen MR) is 94.7 cm³/mol. The summed E-state index contributed by atoms with van der Waals surface area (Å²) in [6.45, 7) is 0. The molecule has 1 aliphatic rings. The summed E-state index contributed by atoms with van der Waals surface area (Å²) >= 11 is 0. The Morgan fingerprint density at radius 1 is 0.917 bits per heavy atom. The van der Waals surface area contributed by atoms with Crippen molar-refractivity contribution in [1.82, 2.24) is 9.97 Å². The number of H-pyrrole nitrogens is 1. The van der Waals surface area contributed by atoms with E-state index in [1.807, 2.05) is 24.3 Å². The topological polar surface area (TPSA) is 74.9 Å². The molecule has 0 saturated heterocycles. The van der Waals surface area contributed by atoms with Crippen molar-refractivity contribution in [2.24, 2.45) is 5.73 Å². The van der Waals surface area contributed by atoms with Gasteiger partial charge in [-0.3, -0.25) is 0 Å². The van der Waals surface area contributed by atoms with Gasteiger partial charge < -0.3 is 15.8 Å². The number of benzene rings is 3. The second-order valence-corrected chi connectivity index (χ2v) is 6.12. The molecule has 0 amide bonds. The lowest BCUT2D eigenvalue weighted by molar-refractivity contribution is 0.476. The number of nitrogens with zero attached hydrogens (tertiary/aromatic N) is 1. The van der Waals surface area contributed by atoms with E-state index in [1.165, 1.54) is 5.56 Å². The third kappa shape index (κ3) is 1.74. The van der Waals surface area contributed by atoms with Crippen LogP contribution in [0.5, 0.6) is 5.75 Å². The number of phenolic OH excluding ortho intramolecular Hbond substituents is 1. The van der Waals surface area contributed by atoms with Crippen LogP contribution < -0.4 is 5.73 Å². The van der Waals surface area contributed by atoms with Gasteiger partial charge in [-0.25, -0.2) is 4.98 Å². The summed E-state index contributed by atoms with van der Waals surface area (Å²) in [6, 6.07) is 19.5. The molecule has 1 unspecified atom stereocenters. The van der Waals surface area contributed by atoms with Crippen molar-refractivity contribution in [2.75, 3.05) is 0 Å². The van der Waals surface area contributed by atoms with E-state index in [0.29, 0.717) is 0 Å². The summed E-state index contributed by atoms with van der Waals surface area (Å²) in [7, 11) is 0. The van der Waals surface area contributed by atoms with Crippen LogP contribution >= 0.6 is 0 Å². The molecule has 0 radical (unpaired) electrons. The Hall–Kier alpha value is -3.11. The molecular formula is C20H15N3O. The molecule has 0 aliphatic heterocycles. The van der Waals surface area contributed by atoms with Crippen LogP contribution in [0.3, 0.4) is 0 Å². The fraction of sp³-hybridized carbons (Fsp3) is 0.0500. The summed E-state index contributed by atoms with van der Waals surface area (Å²) in [4.78, 5) is 8.01. The SMILES string of the molecule is NC1c2ccccc2-c2c(-c3nc4ccc(O)cc4[nH]3)cccc21. The molecule has 1 heterocycles. The molecule has 1 aromatic heterocycles. The minimum absolute atomic E-state index is 0.107. The van der Waals surface area contributed by atoms with Crippen molar-refractivity contribution in [1.29, 1.82) is 0 Å². The van der Waals surface area contributed by atoms with Gasteiger partial charge in [-0.05, 0) is 34.4 Å². The first-order valence-electron chi connectivity index (χ1n) is 7.89. The Morgan fingerprint density at radius 3 is 2.62 bits per heavy atom. The van der Waals surface area contributed by atoms with Gasteiger partial charge in [-0.2, -0.15) is 0 Å². The fourth-order valence-corrected chi connectivity index (χ4v) is 3.62. The number of hydrogen-bond acceptors (Lipinski definition) is 3. The highest BCUT2D eigenvalue weighted by Crippen LogP contribution is 2.46. The Balaban J connectivity index is 1.79. The van der Waals surface area contributed by atoms with Crippen molar-refractivity contribution in [3.8, 4) is 28.3 Å². The number of fused-ring (bicyclic) bond motifs is 4.